The molecule has 1 aliphatic heterocycles. The summed E-state index contributed by atoms with van der Waals surface area (Å²) in [5, 5.41) is 5.46. The van der Waals surface area contributed by atoms with E-state index < -0.39 is 36.1 Å². The minimum atomic E-state index is -1.07. The topological polar surface area (TPSA) is 122 Å². The fourth-order valence-electron chi connectivity index (χ4n) is 4.57. The smallest absolute Gasteiger partial charge is 0.326 e. The van der Waals surface area contributed by atoms with Gasteiger partial charge in [0.05, 0.1) is 11.4 Å². The molecule has 0 radical (unpaired) electrons. The Morgan fingerprint density at radius 1 is 1.24 bits per heavy atom. The van der Waals surface area contributed by atoms with Gasteiger partial charge in [-0.2, -0.15) is 0 Å². The highest BCUT2D eigenvalue weighted by Gasteiger charge is 2.53. The van der Waals surface area contributed by atoms with Gasteiger partial charge in [0.25, 0.3) is 5.91 Å². The third-order valence-electron chi connectivity index (χ3n) is 6.69. The minimum Gasteiger partial charge on any atom is -0.453 e. The Balaban J connectivity index is 1.55. The highest BCUT2D eigenvalue weighted by Crippen LogP contribution is 2.43. The molecule has 3 rings (SSSR count). The zero-order chi connectivity index (χ0) is 25.3. The molecule has 10 heteroatoms. The van der Waals surface area contributed by atoms with Gasteiger partial charge in [-0.05, 0) is 56.1 Å². The lowest BCUT2D eigenvalue weighted by Crippen LogP contribution is -2.50. The molecule has 2 fully saturated rings. The summed E-state index contributed by atoms with van der Waals surface area (Å²) in [6.07, 6.45) is 1.66. The Bertz CT molecular complexity index is 987. The zero-order valence-electron chi connectivity index (χ0n) is 20.4. The van der Waals surface area contributed by atoms with E-state index in [0.717, 1.165) is 22.6 Å². The lowest BCUT2D eigenvalue weighted by molar-refractivity contribution is -0.150. The molecule has 1 aromatic rings. The Labute approximate surface area is 203 Å². The van der Waals surface area contributed by atoms with Crippen LogP contribution in [0.15, 0.2) is 12.1 Å². The molecule has 1 aliphatic carbocycles. The van der Waals surface area contributed by atoms with Crippen molar-refractivity contribution in [2.24, 2.45) is 11.3 Å². The maximum absolute atomic E-state index is 13.1. The SMILES string of the molecule is CC(=O)NCc1ccc(C(=O)C(C)OC(=O)CN2C(=O)NC3(CCC(C(C)(C)C)CC3)C2=O)s1. The summed E-state index contributed by atoms with van der Waals surface area (Å²) in [6, 6.07) is 2.74. The van der Waals surface area contributed by atoms with Gasteiger partial charge < -0.3 is 15.4 Å². The number of nitrogens with zero attached hydrogens (tertiary/aromatic N) is 1. The van der Waals surface area contributed by atoms with E-state index >= 15 is 0 Å². The number of imide groups is 1. The van der Waals surface area contributed by atoms with E-state index in [2.05, 4.69) is 31.4 Å². The number of rotatable bonds is 7. The fourth-order valence-corrected chi connectivity index (χ4v) is 5.54. The number of Topliss-reactive ketones (excluding diaryl/α,β-unsaturated/α-hetero) is 1. The van der Waals surface area contributed by atoms with Crippen molar-refractivity contribution in [2.45, 2.75) is 78.5 Å². The number of amides is 4. The molecule has 2 N–H and O–H groups in total. The van der Waals surface area contributed by atoms with Gasteiger partial charge in [-0.15, -0.1) is 11.3 Å². The van der Waals surface area contributed by atoms with Gasteiger partial charge >= 0.3 is 12.0 Å². The first kappa shape index (κ1) is 25.9. The van der Waals surface area contributed by atoms with Crippen molar-refractivity contribution in [2.75, 3.05) is 6.54 Å². The van der Waals surface area contributed by atoms with Gasteiger partial charge in [0.15, 0.2) is 6.10 Å². The predicted molar refractivity (Wildman–Crippen MR) is 126 cm³/mol. The van der Waals surface area contributed by atoms with E-state index in [1.807, 2.05) is 0 Å². The summed E-state index contributed by atoms with van der Waals surface area (Å²) in [6.45, 7) is 9.16. The summed E-state index contributed by atoms with van der Waals surface area (Å²) in [4.78, 5) is 63.8. The summed E-state index contributed by atoms with van der Waals surface area (Å²) in [5.41, 5.74) is -0.825. The van der Waals surface area contributed by atoms with Crippen molar-refractivity contribution in [3.8, 4) is 0 Å². The van der Waals surface area contributed by atoms with Gasteiger partial charge in [-0.1, -0.05) is 20.8 Å². The number of thiophene rings is 1. The molecule has 1 unspecified atom stereocenters. The molecule has 186 valence electrons. The first-order valence-corrected chi connectivity index (χ1v) is 12.3. The maximum Gasteiger partial charge on any atom is 0.326 e. The van der Waals surface area contributed by atoms with E-state index in [4.69, 9.17) is 4.74 Å². The number of esters is 1. The highest BCUT2D eigenvalue weighted by atomic mass is 32.1. The molecule has 1 saturated heterocycles. The van der Waals surface area contributed by atoms with Crippen LogP contribution in [0.3, 0.4) is 0 Å². The van der Waals surface area contributed by atoms with Crippen molar-refractivity contribution in [3.05, 3.63) is 21.9 Å². The Hall–Kier alpha value is -2.75. The van der Waals surface area contributed by atoms with Crippen molar-refractivity contribution in [1.29, 1.82) is 0 Å². The minimum absolute atomic E-state index is 0.132. The van der Waals surface area contributed by atoms with Crippen LogP contribution < -0.4 is 10.6 Å². The monoisotopic (exact) mass is 491 g/mol. The second kappa shape index (κ2) is 9.85. The maximum atomic E-state index is 13.1. The number of urea groups is 1. The fraction of sp³-hybridized carbons (Fsp3) is 0.625. The van der Waals surface area contributed by atoms with Crippen molar-refractivity contribution in [3.63, 3.8) is 0 Å². The number of carbonyl (C=O) groups is 5. The van der Waals surface area contributed by atoms with Crippen LogP contribution in [0.1, 0.15) is 74.9 Å². The van der Waals surface area contributed by atoms with E-state index in [9.17, 15) is 24.0 Å². The lowest BCUT2D eigenvalue weighted by Gasteiger charge is -2.40. The highest BCUT2D eigenvalue weighted by molar-refractivity contribution is 7.14. The quantitative estimate of drug-likeness (QED) is 0.343. The number of carbonyl (C=O) groups excluding carboxylic acids is 5. The third-order valence-corrected chi connectivity index (χ3v) is 7.79. The summed E-state index contributed by atoms with van der Waals surface area (Å²) in [7, 11) is 0. The average Bonchev–Trinajstić information content (AvgIpc) is 3.30. The van der Waals surface area contributed by atoms with Crippen LogP contribution in [0.4, 0.5) is 4.79 Å². The third kappa shape index (κ3) is 5.65. The molecule has 1 spiro atoms. The summed E-state index contributed by atoms with van der Waals surface area (Å²) in [5.74, 6) is -1.32. The van der Waals surface area contributed by atoms with Gasteiger partial charge in [-0.3, -0.25) is 24.1 Å². The molecule has 4 amide bonds. The van der Waals surface area contributed by atoms with Crippen LogP contribution >= 0.6 is 11.3 Å². The van der Waals surface area contributed by atoms with Crippen LogP contribution in [-0.4, -0.2) is 52.7 Å². The first-order chi connectivity index (χ1) is 15.8. The number of nitrogens with one attached hydrogen (secondary N) is 2. The molecule has 2 aliphatic rings. The lowest BCUT2D eigenvalue weighted by atomic mass is 9.67. The second-order valence-electron chi connectivity index (χ2n) is 10.2. The van der Waals surface area contributed by atoms with Gasteiger partial charge in [-0.25, -0.2) is 4.79 Å². The van der Waals surface area contributed by atoms with Crippen LogP contribution in [-0.2, 0) is 25.7 Å². The second-order valence-corrected chi connectivity index (χ2v) is 11.4. The van der Waals surface area contributed by atoms with E-state index in [-0.39, 0.29) is 17.1 Å². The average molecular weight is 492 g/mol. The van der Waals surface area contributed by atoms with Crippen LogP contribution in [0, 0.1) is 11.3 Å². The van der Waals surface area contributed by atoms with Gasteiger partial charge in [0, 0.05) is 11.8 Å². The number of ketones is 1. The molecule has 0 bridgehead atoms. The van der Waals surface area contributed by atoms with Crippen molar-refractivity contribution in [1.82, 2.24) is 15.5 Å². The molecule has 0 aromatic carbocycles. The van der Waals surface area contributed by atoms with Crippen LogP contribution in [0.5, 0.6) is 0 Å². The number of hydrogen-bond acceptors (Lipinski definition) is 7. The molecule has 34 heavy (non-hydrogen) atoms. The Morgan fingerprint density at radius 3 is 2.47 bits per heavy atom. The predicted octanol–water partition coefficient (Wildman–Crippen LogP) is 3.03. The normalized spacial score (nSPS) is 23.6. The molecule has 1 aromatic heterocycles. The van der Waals surface area contributed by atoms with E-state index in [1.54, 1.807) is 12.1 Å². The van der Waals surface area contributed by atoms with Crippen LogP contribution in [0.2, 0.25) is 0 Å². The van der Waals surface area contributed by atoms with Crippen molar-refractivity contribution >= 4 is 40.9 Å². The van der Waals surface area contributed by atoms with Crippen molar-refractivity contribution < 1.29 is 28.7 Å². The molecule has 2 heterocycles. The molecule has 1 saturated carbocycles. The largest absolute Gasteiger partial charge is 0.453 e. The van der Waals surface area contributed by atoms with Crippen LogP contribution in [0.25, 0.3) is 0 Å². The molecule has 1 atom stereocenters. The first-order valence-electron chi connectivity index (χ1n) is 11.5. The summed E-state index contributed by atoms with van der Waals surface area (Å²) >= 11 is 1.20. The molecular formula is C24H33N3O6S. The zero-order valence-corrected chi connectivity index (χ0v) is 21.2. The Morgan fingerprint density at radius 2 is 1.88 bits per heavy atom. The van der Waals surface area contributed by atoms with E-state index in [0.29, 0.717) is 30.2 Å². The van der Waals surface area contributed by atoms with Gasteiger partial charge in [0.2, 0.25) is 11.7 Å². The number of ether oxygens (including phenoxy) is 1. The Kier molecular flexibility index (Phi) is 7.50. The van der Waals surface area contributed by atoms with Gasteiger partial charge in [0.1, 0.15) is 12.1 Å². The summed E-state index contributed by atoms with van der Waals surface area (Å²) < 4.78 is 5.24. The standard InChI is InChI=1S/C24H33N3O6S/c1-14(20(30)18-7-6-17(34-18)12-25-15(2)28)33-19(29)13-27-21(31)24(26-22(27)32)10-8-16(9-11-24)23(3,4)5/h6-7,14,16H,8-13H2,1-5H3,(H,25,28)(H,26,32). The van der Waals surface area contributed by atoms with E-state index in [1.165, 1.54) is 25.2 Å². The molecule has 9 nitrogen and oxygen atoms in total. The molecular weight excluding hydrogens is 458 g/mol. The number of hydrogen-bond donors (Lipinski definition) is 2.